The number of nitrogens with one attached hydrogen (secondary N) is 2. The van der Waals surface area contributed by atoms with E-state index in [1.54, 1.807) is 55.6 Å². The van der Waals surface area contributed by atoms with Crippen molar-refractivity contribution in [2.24, 2.45) is 0 Å². The molecule has 174 valence electrons. The molecule has 4 rings (SSSR count). The first kappa shape index (κ1) is 23.0. The Morgan fingerprint density at radius 2 is 1.88 bits per heavy atom. The second-order valence-corrected chi connectivity index (χ2v) is 7.98. The molecule has 2 heterocycles. The van der Waals surface area contributed by atoms with E-state index < -0.39 is 11.6 Å². The molecule has 2 aromatic heterocycles. The van der Waals surface area contributed by atoms with Gasteiger partial charge in [-0.3, -0.25) is 9.78 Å². The zero-order valence-electron chi connectivity index (χ0n) is 18.9. The Kier molecular flexibility index (Phi) is 6.36. The number of amides is 1. The summed E-state index contributed by atoms with van der Waals surface area (Å²) < 4.78 is 34.0. The first-order valence-corrected chi connectivity index (χ1v) is 10.7. The van der Waals surface area contributed by atoms with Crippen LogP contribution in [0, 0.1) is 5.82 Å². The molecule has 34 heavy (non-hydrogen) atoms. The minimum absolute atomic E-state index is 0.296. The van der Waals surface area contributed by atoms with Gasteiger partial charge in [-0.2, -0.15) is 0 Å². The van der Waals surface area contributed by atoms with Crippen molar-refractivity contribution in [3.05, 3.63) is 66.9 Å². The van der Waals surface area contributed by atoms with Crippen molar-refractivity contribution in [1.29, 1.82) is 0 Å². The Morgan fingerprint density at radius 3 is 2.62 bits per heavy atom. The van der Waals surface area contributed by atoms with E-state index in [4.69, 9.17) is 4.74 Å². The summed E-state index contributed by atoms with van der Waals surface area (Å²) in [4.78, 5) is 25.2. The number of nitrogens with zero attached hydrogens (tertiary/aromatic N) is 3. The van der Waals surface area contributed by atoms with Crippen LogP contribution >= 0.6 is 0 Å². The molecule has 0 aliphatic carbocycles. The first-order chi connectivity index (χ1) is 16.3. The Labute approximate surface area is 195 Å². The highest BCUT2D eigenvalue weighted by Crippen LogP contribution is 2.34. The quantitative estimate of drug-likeness (QED) is 0.368. The van der Waals surface area contributed by atoms with Gasteiger partial charge < -0.3 is 15.4 Å². The monoisotopic (exact) mass is 463 g/mol. The number of halogens is 2. The SMILES string of the molecule is CCOc1cc2ncnc(Nc3ccnc(-c4ccccc4F)c3)c2cc1NC(=O)C(C)(C)F. The van der Waals surface area contributed by atoms with Gasteiger partial charge in [0.2, 0.25) is 0 Å². The largest absolute Gasteiger partial charge is 0.492 e. The molecule has 0 atom stereocenters. The Hall–Kier alpha value is -4.14. The number of rotatable bonds is 7. The average molecular weight is 463 g/mol. The van der Waals surface area contributed by atoms with Crippen molar-refractivity contribution < 1.29 is 18.3 Å². The summed E-state index contributed by atoms with van der Waals surface area (Å²) in [6.07, 6.45) is 2.96. The molecule has 0 spiro atoms. The zero-order valence-corrected chi connectivity index (χ0v) is 18.9. The maximum absolute atomic E-state index is 14.2. The molecule has 7 nitrogen and oxygen atoms in total. The van der Waals surface area contributed by atoms with Gasteiger partial charge in [0.05, 0.1) is 23.5 Å². The number of benzene rings is 2. The number of anilines is 3. The predicted octanol–water partition coefficient (Wildman–Crippen LogP) is 5.66. The highest BCUT2D eigenvalue weighted by Gasteiger charge is 2.27. The smallest absolute Gasteiger partial charge is 0.261 e. The molecule has 0 fully saturated rings. The fraction of sp³-hybridized carbons (Fsp3) is 0.200. The van der Waals surface area contributed by atoms with Crippen molar-refractivity contribution in [2.45, 2.75) is 26.4 Å². The van der Waals surface area contributed by atoms with Crippen LogP contribution in [0.5, 0.6) is 5.75 Å². The van der Waals surface area contributed by atoms with E-state index in [2.05, 4.69) is 25.6 Å². The number of hydrogen-bond donors (Lipinski definition) is 2. The number of aromatic nitrogens is 3. The Bertz CT molecular complexity index is 1350. The summed E-state index contributed by atoms with van der Waals surface area (Å²) in [7, 11) is 0. The van der Waals surface area contributed by atoms with Crippen molar-refractivity contribution in [3.63, 3.8) is 0 Å². The minimum atomic E-state index is -2.08. The topological polar surface area (TPSA) is 89.0 Å². The van der Waals surface area contributed by atoms with Gasteiger partial charge in [0, 0.05) is 28.9 Å². The summed E-state index contributed by atoms with van der Waals surface area (Å²) in [6.45, 7) is 4.50. The lowest BCUT2D eigenvalue weighted by molar-refractivity contribution is -0.125. The fourth-order valence-corrected chi connectivity index (χ4v) is 3.29. The van der Waals surface area contributed by atoms with Crippen LogP contribution in [0.4, 0.5) is 26.0 Å². The van der Waals surface area contributed by atoms with Gasteiger partial charge in [-0.25, -0.2) is 18.7 Å². The molecule has 1 amide bonds. The second-order valence-electron chi connectivity index (χ2n) is 7.98. The molecule has 0 aliphatic heterocycles. The number of carbonyl (C=O) groups excluding carboxylic acids is 1. The van der Waals surface area contributed by atoms with E-state index in [0.717, 1.165) is 0 Å². The Balaban J connectivity index is 1.74. The van der Waals surface area contributed by atoms with E-state index in [-0.39, 0.29) is 5.82 Å². The third-order valence-corrected chi connectivity index (χ3v) is 5.00. The molecule has 0 unspecified atom stereocenters. The van der Waals surface area contributed by atoms with E-state index in [1.165, 1.54) is 26.2 Å². The van der Waals surface area contributed by atoms with E-state index >= 15 is 0 Å². The molecule has 0 saturated heterocycles. The third kappa shape index (κ3) is 4.93. The third-order valence-electron chi connectivity index (χ3n) is 5.00. The maximum atomic E-state index is 14.2. The van der Waals surface area contributed by atoms with Crippen molar-refractivity contribution in [2.75, 3.05) is 17.2 Å². The van der Waals surface area contributed by atoms with Crippen LogP contribution in [0.15, 0.2) is 61.1 Å². The van der Waals surface area contributed by atoms with Crippen LogP contribution in [0.3, 0.4) is 0 Å². The summed E-state index contributed by atoms with van der Waals surface area (Å²) in [6, 6.07) is 13.1. The van der Waals surface area contributed by atoms with Gasteiger partial charge >= 0.3 is 0 Å². The normalized spacial score (nSPS) is 11.3. The number of hydrogen-bond acceptors (Lipinski definition) is 6. The summed E-state index contributed by atoms with van der Waals surface area (Å²) in [5, 5.41) is 6.35. The molecule has 2 aromatic carbocycles. The van der Waals surface area contributed by atoms with Gasteiger partial charge in [-0.15, -0.1) is 0 Å². The molecule has 9 heteroatoms. The molecule has 2 N–H and O–H groups in total. The molecule has 4 aromatic rings. The highest BCUT2D eigenvalue weighted by atomic mass is 19.1. The Morgan fingerprint density at radius 1 is 1.09 bits per heavy atom. The lowest BCUT2D eigenvalue weighted by Gasteiger charge is -2.18. The number of ether oxygens (including phenoxy) is 1. The van der Waals surface area contributed by atoms with Gasteiger partial charge in [0.25, 0.3) is 5.91 Å². The van der Waals surface area contributed by atoms with Crippen molar-refractivity contribution >= 4 is 34.0 Å². The maximum Gasteiger partial charge on any atom is 0.261 e. The van der Waals surface area contributed by atoms with Gasteiger partial charge in [0.1, 0.15) is 23.7 Å². The zero-order chi connectivity index (χ0) is 24.3. The molecule has 0 radical (unpaired) electrons. The molecule has 0 saturated carbocycles. The first-order valence-electron chi connectivity index (χ1n) is 10.7. The number of pyridine rings is 1. The van der Waals surface area contributed by atoms with Crippen LogP contribution in [0.2, 0.25) is 0 Å². The van der Waals surface area contributed by atoms with Gasteiger partial charge in [0.15, 0.2) is 5.67 Å². The number of alkyl halides is 1. The number of fused-ring (bicyclic) bond motifs is 1. The summed E-state index contributed by atoms with van der Waals surface area (Å²) >= 11 is 0. The second kappa shape index (κ2) is 9.38. The van der Waals surface area contributed by atoms with Crippen molar-refractivity contribution in [1.82, 2.24) is 15.0 Å². The van der Waals surface area contributed by atoms with E-state index in [9.17, 15) is 13.6 Å². The van der Waals surface area contributed by atoms with Gasteiger partial charge in [-0.1, -0.05) is 12.1 Å². The van der Waals surface area contributed by atoms with Crippen LogP contribution < -0.4 is 15.4 Å². The van der Waals surface area contributed by atoms with Crippen molar-refractivity contribution in [3.8, 4) is 17.0 Å². The lowest BCUT2D eigenvalue weighted by atomic mass is 10.1. The average Bonchev–Trinajstić information content (AvgIpc) is 2.80. The molecular formula is C25H23F2N5O2. The lowest BCUT2D eigenvalue weighted by Crippen LogP contribution is -2.32. The predicted molar refractivity (Wildman–Crippen MR) is 127 cm³/mol. The fourth-order valence-electron chi connectivity index (χ4n) is 3.29. The van der Waals surface area contributed by atoms with Crippen LogP contribution in [0.1, 0.15) is 20.8 Å². The molecule has 0 aliphatic rings. The summed E-state index contributed by atoms with van der Waals surface area (Å²) in [5.74, 6) is -0.376. The number of carbonyl (C=O) groups is 1. The molecular weight excluding hydrogens is 440 g/mol. The molecule has 0 bridgehead atoms. The van der Waals surface area contributed by atoms with Crippen LogP contribution in [-0.4, -0.2) is 33.1 Å². The standard InChI is InChI=1S/C25H23F2N5O2/c1-4-34-22-13-20-17(12-21(22)32-24(33)25(2,3)27)23(30-14-29-20)31-15-9-10-28-19(11-15)16-7-5-6-8-18(16)26/h5-14H,4H2,1-3H3,(H,32,33)(H,28,29,30,31). The van der Waals surface area contributed by atoms with Crippen LogP contribution in [0.25, 0.3) is 22.2 Å². The van der Waals surface area contributed by atoms with E-state index in [1.807, 2.05) is 0 Å². The minimum Gasteiger partial charge on any atom is -0.492 e. The highest BCUT2D eigenvalue weighted by molar-refractivity contribution is 6.02. The van der Waals surface area contributed by atoms with Crippen LogP contribution in [-0.2, 0) is 4.79 Å². The van der Waals surface area contributed by atoms with E-state index in [0.29, 0.717) is 51.7 Å². The summed E-state index contributed by atoms with van der Waals surface area (Å²) in [5.41, 5.74) is 0.230. The van der Waals surface area contributed by atoms with Gasteiger partial charge in [-0.05, 0) is 51.1 Å².